The van der Waals surface area contributed by atoms with Crippen molar-refractivity contribution >= 4 is 45.0 Å². The Labute approximate surface area is 196 Å². The zero-order valence-electron chi connectivity index (χ0n) is 17.8. The maximum absolute atomic E-state index is 13.3. The summed E-state index contributed by atoms with van der Waals surface area (Å²) in [6, 6.07) is 9.92. The number of halogens is 2. The molecule has 0 bridgehead atoms. The van der Waals surface area contributed by atoms with E-state index in [2.05, 4.69) is 4.98 Å². The number of aromatic nitrogens is 3. The van der Waals surface area contributed by atoms with Crippen LogP contribution in [0.2, 0.25) is 0 Å². The molecule has 2 aromatic heterocycles. The highest BCUT2D eigenvalue weighted by Crippen LogP contribution is 2.36. The number of amides is 1. The summed E-state index contributed by atoms with van der Waals surface area (Å²) in [6.45, 7) is 3.28. The van der Waals surface area contributed by atoms with Crippen molar-refractivity contribution in [1.29, 1.82) is 0 Å². The van der Waals surface area contributed by atoms with Gasteiger partial charge in [-0.1, -0.05) is 29.5 Å². The smallest absolute Gasteiger partial charge is 0.233 e. The number of aryl methyl sites for hydroxylation is 2. The molecule has 1 amide bonds. The number of hydrogen-bond acceptors (Lipinski definition) is 5. The predicted molar refractivity (Wildman–Crippen MR) is 127 cm³/mol. The zero-order valence-corrected chi connectivity index (χ0v) is 19.5. The van der Waals surface area contributed by atoms with E-state index in [1.807, 2.05) is 29.8 Å². The number of anilines is 1. The molecule has 4 rings (SSSR count). The first kappa shape index (κ1) is 23.7. The van der Waals surface area contributed by atoms with Gasteiger partial charge in [0.25, 0.3) is 0 Å². The molecule has 6 nitrogen and oxygen atoms in total. The van der Waals surface area contributed by atoms with Crippen LogP contribution >= 0.6 is 23.7 Å². The van der Waals surface area contributed by atoms with Crippen molar-refractivity contribution in [3.05, 3.63) is 72.1 Å². The second-order valence-electron chi connectivity index (χ2n) is 7.26. The van der Waals surface area contributed by atoms with Crippen LogP contribution in [0.4, 0.5) is 9.52 Å². The van der Waals surface area contributed by atoms with Crippen molar-refractivity contribution in [3.8, 4) is 5.75 Å². The van der Waals surface area contributed by atoms with Gasteiger partial charge >= 0.3 is 0 Å². The van der Waals surface area contributed by atoms with E-state index in [1.165, 1.54) is 23.5 Å². The summed E-state index contributed by atoms with van der Waals surface area (Å²) in [5.41, 5.74) is 2.61. The maximum Gasteiger partial charge on any atom is 0.233 e. The molecule has 0 atom stereocenters. The van der Waals surface area contributed by atoms with Crippen LogP contribution in [0.25, 0.3) is 10.2 Å². The summed E-state index contributed by atoms with van der Waals surface area (Å²) in [4.78, 5) is 23.8. The number of nitrogens with zero attached hydrogens (tertiary/aromatic N) is 4. The zero-order chi connectivity index (χ0) is 21.8. The molecule has 4 aromatic rings. The largest absolute Gasteiger partial charge is 0.494 e. The third-order valence-corrected chi connectivity index (χ3v) is 6.28. The first-order chi connectivity index (χ1) is 15.0. The fourth-order valence-corrected chi connectivity index (χ4v) is 4.50. The van der Waals surface area contributed by atoms with E-state index in [1.54, 1.807) is 36.7 Å². The molecule has 32 heavy (non-hydrogen) atoms. The minimum Gasteiger partial charge on any atom is -0.494 e. The molecule has 0 saturated heterocycles. The SMILES string of the molecule is COc1ccc(C)c2sc(N(CCCn3ccnc3)C(=O)Cc3ccc(F)cc3)nc12.Cl. The van der Waals surface area contributed by atoms with Crippen LogP contribution in [0, 0.1) is 12.7 Å². The van der Waals surface area contributed by atoms with Gasteiger partial charge in [-0.2, -0.15) is 0 Å². The third-order valence-electron chi connectivity index (χ3n) is 5.07. The minimum absolute atomic E-state index is 0. The van der Waals surface area contributed by atoms with Crippen molar-refractivity contribution < 1.29 is 13.9 Å². The highest BCUT2D eigenvalue weighted by molar-refractivity contribution is 7.22. The molecule has 168 valence electrons. The van der Waals surface area contributed by atoms with Crippen molar-refractivity contribution in [3.63, 3.8) is 0 Å². The summed E-state index contributed by atoms with van der Waals surface area (Å²) in [5, 5.41) is 0.639. The monoisotopic (exact) mass is 474 g/mol. The topological polar surface area (TPSA) is 60.2 Å². The number of thiazole rings is 1. The Balaban J connectivity index is 0.00000289. The number of fused-ring (bicyclic) bond motifs is 1. The molecule has 9 heteroatoms. The maximum atomic E-state index is 13.3. The quantitative estimate of drug-likeness (QED) is 0.359. The summed E-state index contributed by atoms with van der Waals surface area (Å²) in [6.07, 6.45) is 6.32. The second kappa shape index (κ2) is 10.6. The molecule has 2 aromatic carbocycles. The molecule has 0 aliphatic carbocycles. The molecule has 2 heterocycles. The van der Waals surface area contributed by atoms with E-state index in [0.717, 1.165) is 34.3 Å². The molecular weight excluding hydrogens is 451 g/mol. The Morgan fingerprint density at radius 3 is 2.69 bits per heavy atom. The molecule has 0 aliphatic rings. The van der Waals surface area contributed by atoms with Gasteiger partial charge in [0.2, 0.25) is 5.91 Å². The lowest BCUT2D eigenvalue weighted by Gasteiger charge is -2.20. The normalized spacial score (nSPS) is 10.7. The molecule has 0 aliphatic heterocycles. The van der Waals surface area contributed by atoms with Gasteiger partial charge in [0.1, 0.15) is 17.1 Å². The number of carbonyl (C=O) groups excluding carboxylic acids is 1. The summed E-state index contributed by atoms with van der Waals surface area (Å²) in [7, 11) is 1.62. The Hall–Kier alpha value is -2.97. The Bertz CT molecular complexity index is 1180. The molecule has 0 N–H and O–H groups in total. The van der Waals surface area contributed by atoms with Gasteiger partial charge in [-0.05, 0) is 42.7 Å². The van der Waals surface area contributed by atoms with Crippen LogP contribution in [0.3, 0.4) is 0 Å². The summed E-state index contributed by atoms with van der Waals surface area (Å²) >= 11 is 1.49. The van der Waals surface area contributed by atoms with Crippen molar-refractivity contribution in [2.75, 3.05) is 18.6 Å². The summed E-state index contributed by atoms with van der Waals surface area (Å²) in [5.74, 6) is 0.294. The average Bonchev–Trinajstić information content (AvgIpc) is 3.44. The van der Waals surface area contributed by atoms with E-state index in [4.69, 9.17) is 9.72 Å². The van der Waals surface area contributed by atoms with Crippen molar-refractivity contribution in [1.82, 2.24) is 14.5 Å². The number of ether oxygens (including phenoxy) is 1. The molecular formula is C23H24ClFN4O2S. The standard InChI is InChI=1S/C23H23FN4O2S.ClH/c1-16-4-9-19(30-2)21-22(16)31-23(26-21)28(12-3-11-27-13-10-25-15-27)20(29)14-17-5-7-18(24)8-6-17;/h4-10,13,15H,3,11-12,14H2,1-2H3;1H. The van der Waals surface area contributed by atoms with Crippen LogP contribution in [0.15, 0.2) is 55.1 Å². The van der Waals surface area contributed by atoms with Crippen LogP contribution in [0.1, 0.15) is 17.5 Å². The van der Waals surface area contributed by atoms with E-state index in [0.29, 0.717) is 17.4 Å². The fraction of sp³-hybridized carbons (Fsp3) is 0.261. The van der Waals surface area contributed by atoms with Crippen LogP contribution in [-0.4, -0.2) is 34.1 Å². The molecule has 0 fully saturated rings. The number of rotatable bonds is 8. The second-order valence-corrected chi connectivity index (χ2v) is 8.24. The van der Waals surface area contributed by atoms with Gasteiger partial charge in [-0.25, -0.2) is 14.4 Å². The molecule has 0 spiro atoms. The number of benzene rings is 2. The van der Waals surface area contributed by atoms with Gasteiger partial charge in [0.15, 0.2) is 5.13 Å². The Kier molecular flexibility index (Phi) is 7.82. The number of methoxy groups -OCH3 is 1. The Morgan fingerprint density at radius 2 is 2.00 bits per heavy atom. The molecule has 0 saturated carbocycles. The van der Waals surface area contributed by atoms with Gasteiger partial charge in [-0.3, -0.25) is 9.69 Å². The van der Waals surface area contributed by atoms with Crippen LogP contribution < -0.4 is 9.64 Å². The Morgan fingerprint density at radius 1 is 1.22 bits per heavy atom. The van der Waals surface area contributed by atoms with E-state index >= 15 is 0 Å². The highest BCUT2D eigenvalue weighted by Gasteiger charge is 2.22. The van der Waals surface area contributed by atoms with Crippen molar-refractivity contribution in [2.24, 2.45) is 0 Å². The van der Waals surface area contributed by atoms with E-state index < -0.39 is 0 Å². The number of imidazole rings is 1. The van der Waals surface area contributed by atoms with Gasteiger partial charge < -0.3 is 9.30 Å². The van der Waals surface area contributed by atoms with E-state index in [9.17, 15) is 9.18 Å². The lowest BCUT2D eigenvalue weighted by atomic mass is 10.1. The minimum atomic E-state index is -0.317. The van der Waals surface area contributed by atoms with Gasteiger partial charge in [-0.15, -0.1) is 12.4 Å². The predicted octanol–water partition coefficient (Wildman–Crippen LogP) is 5.04. The average molecular weight is 475 g/mol. The summed E-state index contributed by atoms with van der Waals surface area (Å²) < 4.78 is 21.7. The first-order valence-electron chi connectivity index (χ1n) is 10.00. The molecule has 0 unspecified atom stereocenters. The van der Waals surface area contributed by atoms with E-state index in [-0.39, 0.29) is 30.6 Å². The van der Waals surface area contributed by atoms with Gasteiger partial charge in [0, 0.05) is 25.5 Å². The first-order valence-corrected chi connectivity index (χ1v) is 10.8. The van der Waals surface area contributed by atoms with Gasteiger partial charge in [0.05, 0.1) is 24.6 Å². The molecule has 0 radical (unpaired) electrons. The third kappa shape index (κ3) is 5.26. The lowest BCUT2D eigenvalue weighted by Crippen LogP contribution is -2.33. The highest BCUT2D eigenvalue weighted by atomic mass is 35.5. The number of carbonyl (C=O) groups is 1. The van der Waals surface area contributed by atoms with Crippen molar-refractivity contribution in [2.45, 2.75) is 26.3 Å². The fourth-order valence-electron chi connectivity index (χ4n) is 3.41. The van der Waals surface area contributed by atoms with Crippen LogP contribution in [-0.2, 0) is 17.8 Å². The number of hydrogen-bond donors (Lipinski definition) is 0. The van der Waals surface area contributed by atoms with Crippen LogP contribution in [0.5, 0.6) is 5.75 Å². The lowest BCUT2D eigenvalue weighted by molar-refractivity contribution is -0.118.